The fraction of sp³-hybridized carbons (Fsp3) is 0.385. The Labute approximate surface area is 122 Å². The van der Waals surface area contributed by atoms with Crippen molar-refractivity contribution in [3.8, 4) is 0 Å². The number of hydrogen-bond acceptors (Lipinski definition) is 4. The van der Waals surface area contributed by atoms with Crippen molar-refractivity contribution in [2.45, 2.75) is 20.0 Å². The van der Waals surface area contributed by atoms with E-state index in [0.717, 1.165) is 0 Å². The number of alkyl carbamates (subject to hydrolysis) is 2. The molecule has 0 aliphatic rings. The molecule has 0 fully saturated rings. The fourth-order valence-corrected chi connectivity index (χ4v) is 1.73. The van der Waals surface area contributed by atoms with Gasteiger partial charge in [-0.2, -0.15) is 0 Å². The summed E-state index contributed by atoms with van der Waals surface area (Å²) in [6, 6.07) is 6.83. The predicted octanol–water partition coefficient (Wildman–Crippen LogP) is 2.83. The zero-order valence-electron chi connectivity index (χ0n) is 11.3. The summed E-state index contributed by atoms with van der Waals surface area (Å²) < 4.78 is 9.58. The van der Waals surface area contributed by atoms with Gasteiger partial charge >= 0.3 is 12.2 Å². The van der Waals surface area contributed by atoms with Crippen LogP contribution < -0.4 is 10.6 Å². The van der Waals surface area contributed by atoms with Gasteiger partial charge in [-0.3, -0.25) is 10.6 Å². The van der Waals surface area contributed by atoms with Gasteiger partial charge < -0.3 is 9.47 Å². The molecule has 0 heterocycles. The Bertz CT molecular complexity index is 447. The fourth-order valence-electron chi connectivity index (χ4n) is 1.48. The van der Waals surface area contributed by atoms with E-state index in [1.807, 2.05) is 0 Å². The number of nitrogens with one attached hydrogen (secondary N) is 2. The maximum absolute atomic E-state index is 11.5. The van der Waals surface area contributed by atoms with Crippen molar-refractivity contribution in [2.75, 3.05) is 13.2 Å². The summed E-state index contributed by atoms with van der Waals surface area (Å²) in [6.07, 6.45) is -2.15. The molecule has 1 aromatic rings. The van der Waals surface area contributed by atoms with Crippen LogP contribution in [0.3, 0.4) is 0 Å². The summed E-state index contributed by atoms with van der Waals surface area (Å²) >= 11 is 6.06. The minimum atomic E-state index is -0.832. The average molecular weight is 301 g/mol. The summed E-state index contributed by atoms with van der Waals surface area (Å²) in [6.45, 7) is 3.81. The lowest BCUT2D eigenvalue weighted by Crippen LogP contribution is -2.41. The summed E-state index contributed by atoms with van der Waals surface area (Å²) in [5, 5.41) is 5.42. The van der Waals surface area contributed by atoms with Gasteiger partial charge in [-0.25, -0.2) is 9.59 Å². The lowest BCUT2D eigenvalue weighted by Gasteiger charge is -2.20. The first kappa shape index (κ1) is 16.1. The molecule has 0 radical (unpaired) electrons. The quantitative estimate of drug-likeness (QED) is 0.820. The van der Waals surface area contributed by atoms with Crippen LogP contribution in [-0.2, 0) is 9.47 Å². The molecule has 0 bridgehead atoms. The van der Waals surface area contributed by atoms with Gasteiger partial charge in [0.25, 0.3) is 0 Å². The molecular formula is C13H17ClN2O4. The second-order valence-corrected chi connectivity index (χ2v) is 4.09. The zero-order chi connectivity index (χ0) is 15.0. The van der Waals surface area contributed by atoms with Crippen LogP contribution in [0.5, 0.6) is 0 Å². The van der Waals surface area contributed by atoms with Crippen LogP contribution in [0.4, 0.5) is 9.59 Å². The Morgan fingerprint density at radius 2 is 1.60 bits per heavy atom. The van der Waals surface area contributed by atoms with Gasteiger partial charge in [0, 0.05) is 10.6 Å². The van der Waals surface area contributed by atoms with Crippen LogP contribution >= 0.6 is 11.6 Å². The Balaban J connectivity index is 2.86. The molecule has 0 aromatic heterocycles. The Kier molecular flexibility index (Phi) is 6.66. The highest BCUT2D eigenvalue weighted by Crippen LogP contribution is 2.21. The highest BCUT2D eigenvalue weighted by Gasteiger charge is 2.20. The number of ether oxygens (including phenoxy) is 2. The Morgan fingerprint density at radius 1 is 1.10 bits per heavy atom. The molecule has 0 unspecified atom stereocenters. The van der Waals surface area contributed by atoms with Crippen LogP contribution in [0.25, 0.3) is 0 Å². The van der Waals surface area contributed by atoms with Crippen molar-refractivity contribution >= 4 is 23.8 Å². The standard InChI is InChI=1S/C13H17ClN2O4/c1-3-19-12(17)15-11(16-13(18)20-4-2)9-7-5-6-8-10(9)14/h5-8,11H,3-4H2,1-2H3,(H,15,17)(H,16,18). The van der Waals surface area contributed by atoms with E-state index in [4.69, 9.17) is 21.1 Å². The van der Waals surface area contributed by atoms with Gasteiger partial charge in [0.1, 0.15) is 6.17 Å². The van der Waals surface area contributed by atoms with E-state index in [1.54, 1.807) is 38.1 Å². The number of hydrogen-bond donors (Lipinski definition) is 2. The van der Waals surface area contributed by atoms with Crippen molar-refractivity contribution in [3.63, 3.8) is 0 Å². The van der Waals surface area contributed by atoms with Crippen LogP contribution in [-0.4, -0.2) is 25.4 Å². The summed E-state index contributed by atoms with van der Waals surface area (Å²) in [4.78, 5) is 23.0. The smallest absolute Gasteiger partial charge is 0.409 e. The number of carbonyl (C=O) groups is 2. The van der Waals surface area contributed by atoms with Gasteiger partial charge in [-0.1, -0.05) is 29.8 Å². The second-order valence-electron chi connectivity index (χ2n) is 3.68. The van der Waals surface area contributed by atoms with E-state index in [2.05, 4.69) is 10.6 Å². The molecule has 0 spiro atoms. The van der Waals surface area contributed by atoms with Crippen molar-refractivity contribution in [2.24, 2.45) is 0 Å². The molecule has 0 atom stereocenters. The van der Waals surface area contributed by atoms with E-state index < -0.39 is 18.4 Å². The first-order chi connectivity index (χ1) is 9.58. The molecule has 0 aliphatic heterocycles. The second kappa shape index (κ2) is 8.27. The molecule has 20 heavy (non-hydrogen) atoms. The highest BCUT2D eigenvalue weighted by molar-refractivity contribution is 6.31. The van der Waals surface area contributed by atoms with Gasteiger partial charge in [-0.05, 0) is 19.9 Å². The molecule has 2 amide bonds. The molecule has 0 saturated carbocycles. The van der Waals surface area contributed by atoms with Crippen LogP contribution in [0, 0.1) is 0 Å². The first-order valence-electron chi connectivity index (χ1n) is 6.19. The van der Waals surface area contributed by atoms with Crippen molar-refractivity contribution in [3.05, 3.63) is 34.9 Å². The third-order valence-corrected chi connectivity index (χ3v) is 2.64. The molecule has 1 aromatic carbocycles. The van der Waals surface area contributed by atoms with Crippen LogP contribution in [0.2, 0.25) is 5.02 Å². The minimum Gasteiger partial charge on any atom is -0.450 e. The number of carbonyl (C=O) groups excluding carboxylic acids is 2. The molecule has 7 heteroatoms. The van der Waals surface area contributed by atoms with E-state index in [0.29, 0.717) is 10.6 Å². The Morgan fingerprint density at radius 3 is 2.05 bits per heavy atom. The number of amides is 2. The number of halogens is 1. The maximum atomic E-state index is 11.5. The third-order valence-electron chi connectivity index (χ3n) is 2.29. The van der Waals surface area contributed by atoms with Gasteiger partial charge in [-0.15, -0.1) is 0 Å². The van der Waals surface area contributed by atoms with E-state index >= 15 is 0 Å². The largest absolute Gasteiger partial charge is 0.450 e. The van der Waals surface area contributed by atoms with Crippen molar-refractivity contribution in [1.29, 1.82) is 0 Å². The van der Waals surface area contributed by atoms with Gasteiger partial charge in [0.2, 0.25) is 0 Å². The van der Waals surface area contributed by atoms with Crippen molar-refractivity contribution < 1.29 is 19.1 Å². The first-order valence-corrected chi connectivity index (χ1v) is 6.57. The third kappa shape index (κ3) is 4.97. The van der Waals surface area contributed by atoms with Crippen LogP contribution in [0.1, 0.15) is 25.6 Å². The molecular weight excluding hydrogens is 284 g/mol. The van der Waals surface area contributed by atoms with E-state index in [9.17, 15) is 9.59 Å². The number of rotatable bonds is 5. The zero-order valence-corrected chi connectivity index (χ0v) is 12.1. The van der Waals surface area contributed by atoms with E-state index in [-0.39, 0.29) is 13.2 Å². The predicted molar refractivity (Wildman–Crippen MR) is 74.5 cm³/mol. The maximum Gasteiger partial charge on any atom is 0.409 e. The summed E-state index contributed by atoms with van der Waals surface area (Å²) in [7, 11) is 0. The summed E-state index contributed by atoms with van der Waals surface area (Å²) in [5.74, 6) is 0. The molecule has 2 N–H and O–H groups in total. The summed E-state index contributed by atoms with van der Waals surface area (Å²) in [5.41, 5.74) is 0.537. The van der Waals surface area contributed by atoms with E-state index in [1.165, 1.54) is 0 Å². The molecule has 0 aliphatic carbocycles. The molecule has 110 valence electrons. The number of benzene rings is 1. The molecule has 0 saturated heterocycles. The topological polar surface area (TPSA) is 76.7 Å². The molecule has 6 nitrogen and oxygen atoms in total. The highest BCUT2D eigenvalue weighted by atomic mass is 35.5. The van der Waals surface area contributed by atoms with Crippen LogP contribution in [0.15, 0.2) is 24.3 Å². The average Bonchev–Trinajstić information content (AvgIpc) is 2.39. The van der Waals surface area contributed by atoms with Crippen molar-refractivity contribution in [1.82, 2.24) is 10.6 Å². The van der Waals surface area contributed by atoms with Gasteiger partial charge in [0.15, 0.2) is 0 Å². The monoisotopic (exact) mass is 300 g/mol. The van der Waals surface area contributed by atoms with Gasteiger partial charge in [0.05, 0.1) is 13.2 Å². The minimum absolute atomic E-state index is 0.223. The normalized spacial score (nSPS) is 10.0. The Hall–Kier alpha value is -1.95. The lowest BCUT2D eigenvalue weighted by atomic mass is 10.1. The SMILES string of the molecule is CCOC(=O)NC(NC(=O)OCC)c1ccccc1Cl. The molecule has 1 rings (SSSR count). The lowest BCUT2D eigenvalue weighted by molar-refractivity contribution is 0.135.